The van der Waals surface area contributed by atoms with Gasteiger partial charge in [-0.2, -0.15) is 5.10 Å². The number of likely N-dealkylation sites (tertiary alicyclic amines) is 1. The van der Waals surface area contributed by atoms with Crippen molar-refractivity contribution >= 4 is 5.91 Å². The summed E-state index contributed by atoms with van der Waals surface area (Å²) in [4.78, 5) is 15.0. The van der Waals surface area contributed by atoms with E-state index in [1.807, 2.05) is 29.2 Å². The lowest BCUT2D eigenvalue weighted by atomic mass is 9.91. The third kappa shape index (κ3) is 3.21. The van der Waals surface area contributed by atoms with E-state index in [0.717, 1.165) is 55.1 Å². The fourth-order valence-corrected chi connectivity index (χ4v) is 3.82. The highest BCUT2D eigenvalue weighted by atomic mass is 16.5. The van der Waals surface area contributed by atoms with Crippen LogP contribution in [0.4, 0.5) is 0 Å². The number of nitrogens with zero attached hydrogens (tertiary/aromatic N) is 2. The van der Waals surface area contributed by atoms with Gasteiger partial charge in [0.25, 0.3) is 0 Å². The van der Waals surface area contributed by atoms with Gasteiger partial charge >= 0.3 is 0 Å². The van der Waals surface area contributed by atoms with Crippen molar-refractivity contribution < 1.29 is 14.3 Å². The molecule has 3 heterocycles. The quantitative estimate of drug-likeness (QED) is 0.931. The average Bonchev–Trinajstić information content (AvgIpc) is 3.21. The van der Waals surface area contributed by atoms with Crippen molar-refractivity contribution in [2.75, 3.05) is 26.8 Å². The maximum Gasteiger partial charge on any atom is 0.229 e. The number of aromatic nitrogens is 2. The number of amides is 1. The van der Waals surface area contributed by atoms with E-state index in [4.69, 9.17) is 9.47 Å². The SMILES string of the molecule is COc1ccc2c(c1)OC[C@H](C(=O)N1CCC[C@@H](c3ccn[nH]3)C1)C2. The van der Waals surface area contributed by atoms with Crippen LogP contribution in [0, 0.1) is 5.92 Å². The Morgan fingerprint density at radius 3 is 3.12 bits per heavy atom. The monoisotopic (exact) mass is 341 g/mol. The number of rotatable bonds is 3. The summed E-state index contributed by atoms with van der Waals surface area (Å²) in [6.07, 6.45) is 4.62. The van der Waals surface area contributed by atoms with Gasteiger partial charge in [-0.15, -0.1) is 0 Å². The Morgan fingerprint density at radius 1 is 1.40 bits per heavy atom. The van der Waals surface area contributed by atoms with Crippen LogP contribution in [0.5, 0.6) is 11.5 Å². The molecule has 1 saturated heterocycles. The number of nitrogens with one attached hydrogen (secondary N) is 1. The molecule has 1 aromatic heterocycles. The van der Waals surface area contributed by atoms with Crippen molar-refractivity contribution in [3.8, 4) is 11.5 Å². The van der Waals surface area contributed by atoms with Crippen LogP contribution in [0.3, 0.4) is 0 Å². The fraction of sp³-hybridized carbons (Fsp3) is 0.474. The molecule has 0 spiro atoms. The Kier molecular flexibility index (Phi) is 4.34. The van der Waals surface area contributed by atoms with Gasteiger partial charge in [-0.25, -0.2) is 0 Å². The first kappa shape index (κ1) is 16.0. The molecule has 2 aromatic rings. The standard InChI is InChI=1S/C19H23N3O3/c1-24-16-5-4-13-9-15(12-25-18(13)10-16)19(23)22-8-2-3-14(11-22)17-6-7-20-21-17/h4-7,10,14-15H,2-3,8-9,11-12H2,1H3,(H,20,21)/t14-,15-/m1/s1. The van der Waals surface area contributed by atoms with Gasteiger partial charge in [0.1, 0.15) is 18.1 Å². The summed E-state index contributed by atoms with van der Waals surface area (Å²) in [6, 6.07) is 7.82. The molecule has 0 aliphatic carbocycles. The number of carbonyl (C=O) groups excluding carboxylic acids is 1. The molecule has 1 amide bonds. The van der Waals surface area contributed by atoms with Crippen molar-refractivity contribution in [1.82, 2.24) is 15.1 Å². The largest absolute Gasteiger partial charge is 0.497 e. The van der Waals surface area contributed by atoms with Crippen molar-refractivity contribution in [3.05, 3.63) is 41.7 Å². The Morgan fingerprint density at radius 2 is 2.32 bits per heavy atom. The molecule has 2 aliphatic rings. The zero-order chi connectivity index (χ0) is 17.2. The van der Waals surface area contributed by atoms with E-state index in [2.05, 4.69) is 10.2 Å². The van der Waals surface area contributed by atoms with E-state index >= 15 is 0 Å². The summed E-state index contributed by atoms with van der Waals surface area (Å²) in [5.41, 5.74) is 2.20. The predicted octanol–water partition coefficient (Wildman–Crippen LogP) is 2.38. The third-order valence-corrected chi connectivity index (χ3v) is 5.23. The van der Waals surface area contributed by atoms with Crippen LogP contribution in [0.25, 0.3) is 0 Å². The highest BCUT2D eigenvalue weighted by Gasteiger charge is 2.33. The summed E-state index contributed by atoms with van der Waals surface area (Å²) in [6.45, 7) is 2.02. The zero-order valence-electron chi connectivity index (χ0n) is 14.4. The van der Waals surface area contributed by atoms with Crippen LogP contribution in [0.15, 0.2) is 30.5 Å². The maximum absolute atomic E-state index is 13.0. The summed E-state index contributed by atoms with van der Waals surface area (Å²) in [5.74, 6) is 2.05. The number of hydrogen-bond acceptors (Lipinski definition) is 4. The number of aromatic amines is 1. The van der Waals surface area contributed by atoms with Crippen LogP contribution in [0.1, 0.15) is 30.0 Å². The molecule has 2 atom stereocenters. The van der Waals surface area contributed by atoms with Crippen LogP contribution in [-0.4, -0.2) is 47.8 Å². The lowest BCUT2D eigenvalue weighted by Gasteiger charge is -2.35. The van der Waals surface area contributed by atoms with Crippen LogP contribution >= 0.6 is 0 Å². The number of ether oxygens (including phenoxy) is 2. The Bertz CT molecular complexity index is 744. The van der Waals surface area contributed by atoms with E-state index in [1.54, 1.807) is 13.3 Å². The molecule has 0 unspecified atom stereocenters. The minimum atomic E-state index is -0.110. The molecule has 132 valence electrons. The number of fused-ring (bicyclic) bond motifs is 1. The van der Waals surface area contributed by atoms with Gasteiger partial charge in [-0.05, 0) is 37.0 Å². The number of piperidine rings is 1. The topological polar surface area (TPSA) is 67.5 Å². The minimum absolute atomic E-state index is 0.110. The summed E-state index contributed by atoms with van der Waals surface area (Å²) < 4.78 is 11.1. The number of benzene rings is 1. The molecule has 6 heteroatoms. The number of methoxy groups -OCH3 is 1. The molecular weight excluding hydrogens is 318 g/mol. The first-order chi connectivity index (χ1) is 12.2. The lowest BCUT2D eigenvalue weighted by molar-refractivity contribution is -0.138. The minimum Gasteiger partial charge on any atom is -0.497 e. The predicted molar refractivity (Wildman–Crippen MR) is 92.8 cm³/mol. The molecule has 1 aromatic carbocycles. The smallest absolute Gasteiger partial charge is 0.229 e. The fourth-order valence-electron chi connectivity index (χ4n) is 3.82. The number of carbonyl (C=O) groups is 1. The Labute approximate surface area is 147 Å². The highest BCUT2D eigenvalue weighted by Crippen LogP contribution is 2.33. The molecule has 0 bridgehead atoms. The normalized spacial score (nSPS) is 22.8. The second-order valence-electron chi connectivity index (χ2n) is 6.82. The Balaban J connectivity index is 1.44. The molecule has 0 radical (unpaired) electrons. The van der Waals surface area contributed by atoms with Gasteiger partial charge in [0.05, 0.1) is 13.0 Å². The summed E-state index contributed by atoms with van der Waals surface area (Å²) in [7, 11) is 1.64. The van der Waals surface area contributed by atoms with E-state index in [-0.39, 0.29) is 11.8 Å². The molecule has 4 rings (SSSR count). The molecule has 25 heavy (non-hydrogen) atoms. The number of H-pyrrole nitrogens is 1. The lowest BCUT2D eigenvalue weighted by Crippen LogP contribution is -2.45. The first-order valence-corrected chi connectivity index (χ1v) is 8.82. The van der Waals surface area contributed by atoms with E-state index in [1.165, 1.54) is 0 Å². The number of hydrogen-bond donors (Lipinski definition) is 1. The first-order valence-electron chi connectivity index (χ1n) is 8.82. The average molecular weight is 341 g/mol. The third-order valence-electron chi connectivity index (χ3n) is 5.23. The van der Waals surface area contributed by atoms with Gasteiger partial charge in [-0.3, -0.25) is 9.89 Å². The van der Waals surface area contributed by atoms with E-state index in [0.29, 0.717) is 12.5 Å². The van der Waals surface area contributed by atoms with Crippen LogP contribution in [-0.2, 0) is 11.2 Å². The van der Waals surface area contributed by atoms with Crippen molar-refractivity contribution in [2.45, 2.75) is 25.2 Å². The van der Waals surface area contributed by atoms with Crippen molar-refractivity contribution in [3.63, 3.8) is 0 Å². The van der Waals surface area contributed by atoms with Gasteiger partial charge in [-0.1, -0.05) is 6.07 Å². The van der Waals surface area contributed by atoms with E-state index < -0.39 is 0 Å². The van der Waals surface area contributed by atoms with Crippen LogP contribution in [0.2, 0.25) is 0 Å². The van der Waals surface area contributed by atoms with Gasteiger partial charge in [0.2, 0.25) is 5.91 Å². The molecule has 6 nitrogen and oxygen atoms in total. The maximum atomic E-state index is 13.0. The van der Waals surface area contributed by atoms with Crippen LogP contribution < -0.4 is 9.47 Å². The van der Waals surface area contributed by atoms with Crippen molar-refractivity contribution in [1.29, 1.82) is 0 Å². The highest BCUT2D eigenvalue weighted by molar-refractivity contribution is 5.80. The zero-order valence-corrected chi connectivity index (χ0v) is 14.4. The molecule has 1 N–H and O–H groups in total. The Hall–Kier alpha value is -2.50. The van der Waals surface area contributed by atoms with Gasteiger partial charge in [0, 0.05) is 37.0 Å². The molecule has 0 saturated carbocycles. The van der Waals surface area contributed by atoms with E-state index in [9.17, 15) is 4.79 Å². The summed E-state index contributed by atoms with van der Waals surface area (Å²) >= 11 is 0. The van der Waals surface area contributed by atoms with Gasteiger partial charge in [0.15, 0.2) is 0 Å². The van der Waals surface area contributed by atoms with Gasteiger partial charge < -0.3 is 14.4 Å². The molecule has 2 aliphatic heterocycles. The summed E-state index contributed by atoms with van der Waals surface area (Å²) in [5, 5.41) is 7.08. The second-order valence-corrected chi connectivity index (χ2v) is 6.82. The molecular formula is C19H23N3O3. The second kappa shape index (κ2) is 6.78. The van der Waals surface area contributed by atoms with Crippen molar-refractivity contribution in [2.24, 2.45) is 5.92 Å². The molecule has 1 fully saturated rings.